The summed E-state index contributed by atoms with van der Waals surface area (Å²) < 4.78 is 13.7. The van der Waals surface area contributed by atoms with E-state index in [9.17, 15) is 4.39 Å². The molecular formula is C13H19F. The minimum atomic E-state index is -0.0186. The molecule has 1 aliphatic carbocycles. The van der Waals surface area contributed by atoms with Crippen LogP contribution in [0.2, 0.25) is 0 Å². The molecule has 0 aromatic rings. The molecule has 0 atom stereocenters. The Morgan fingerprint density at radius 1 is 1.36 bits per heavy atom. The highest BCUT2D eigenvalue weighted by molar-refractivity contribution is 5.39. The van der Waals surface area contributed by atoms with Crippen molar-refractivity contribution in [2.75, 3.05) is 0 Å². The van der Waals surface area contributed by atoms with Gasteiger partial charge in [-0.25, -0.2) is 4.39 Å². The highest BCUT2D eigenvalue weighted by atomic mass is 19.1. The molecular weight excluding hydrogens is 175 g/mol. The molecule has 0 saturated carbocycles. The van der Waals surface area contributed by atoms with Crippen LogP contribution in [0, 0.1) is 0 Å². The molecule has 0 saturated heterocycles. The van der Waals surface area contributed by atoms with Crippen LogP contribution < -0.4 is 0 Å². The van der Waals surface area contributed by atoms with Crippen molar-refractivity contribution in [3.05, 3.63) is 34.7 Å². The van der Waals surface area contributed by atoms with Crippen LogP contribution >= 0.6 is 0 Å². The maximum atomic E-state index is 13.7. The van der Waals surface area contributed by atoms with Gasteiger partial charge in [0, 0.05) is 0 Å². The summed E-state index contributed by atoms with van der Waals surface area (Å²) in [5.41, 5.74) is 3.23. The van der Waals surface area contributed by atoms with Gasteiger partial charge in [0.2, 0.25) is 0 Å². The molecule has 0 spiro atoms. The Morgan fingerprint density at radius 2 is 2.07 bits per heavy atom. The summed E-state index contributed by atoms with van der Waals surface area (Å²) in [6.07, 6.45) is 7.52. The van der Waals surface area contributed by atoms with Crippen LogP contribution in [-0.2, 0) is 0 Å². The molecule has 0 aliphatic heterocycles. The van der Waals surface area contributed by atoms with Crippen molar-refractivity contribution in [3.63, 3.8) is 0 Å². The molecule has 0 bridgehead atoms. The fourth-order valence-electron chi connectivity index (χ4n) is 1.75. The van der Waals surface area contributed by atoms with Crippen molar-refractivity contribution in [3.8, 4) is 0 Å². The first-order chi connectivity index (χ1) is 6.69. The van der Waals surface area contributed by atoms with E-state index in [2.05, 4.69) is 19.9 Å². The van der Waals surface area contributed by atoms with E-state index in [0.717, 1.165) is 36.8 Å². The lowest BCUT2D eigenvalue weighted by molar-refractivity contribution is 0.631. The Balaban J connectivity index is 2.95. The minimum absolute atomic E-state index is 0.0186. The number of hydrogen-bond donors (Lipinski definition) is 0. The van der Waals surface area contributed by atoms with Gasteiger partial charge in [-0.15, -0.1) is 0 Å². The van der Waals surface area contributed by atoms with Gasteiger partial charge in [-0.1, -0.05) is 31.9 Å². The summed E-state index contributed by atoms with van der Waals surface area (Å²) in [7, 11) is 0. The molecule has 1 aliphatic rings. The first kappa shape index (κ1) is 11.2. The van der Waals surface area contributed by atoms with Gasteiger partial charge in [-0.05, 0) is 43.4 Å². The highest BCUT2D eigenvalue weighted by Gasteiger charge is 2.10. The fraction of sp³-hybridized carbons (Fsp3) is 0.538. The van der Waals surface area contributed by atoms with E-state index in [1.807, 2.05) is 6.92 Å². The molecule has 0 heterocycles. The third kappa shape index (κ3) is 2.57. The van der Waals surface area contributed by atoms with E-state index in [-0.39, 0.29) is 5.83 Å². The number of allylic oxidation sites excluding steroid dienone is 6. The zero-order valence-corrected chi connectivity index (χ0v) is 9.36. The lowest BCUT2D eigenvalue weighted by Gasteiger charge is -2.06. The van der Waals surface area contributed by atoms with Crippen LogP contribution in [0.25, 0.3) is 0 Å². The number of rotatable bonds is 3. The van der Waals surface area contributed by atoms with Gasteiger partial charge in [0.25, 0.3) is 0 Å². The van der Waals surface area contributed by atoms with Crippen LogP contribution in [0.5, 0.6) is 0 Å². The molecule has 1 heteroatoms. The van der Waals surface area contributed by atoms with E-state index in [0.29, 0.717) is 0 Å². The first-order valence-electron chi connectivity index (χ1n) is 5.44. The van der Waals surface area contributed by atoms with Gasteiger partial charge in [0.15, 0.2) is 0 Å². The zero-order chi connectivity index (χ0) is 10.6. The summed E-state index contributed by atoms with van der Waals surface area (Å²) in [6.45, 7) is 6.19. The smallest absolute Gasteiger partial charge is 0.126 e. The minimum Gasteiger partial charge on any atom is -0.207 e. The lowest BCUT2D eigenvalue weighted by Crippen LogP contribution is -1.88. The molecule has 0 N–H and O–H groups in total. The zero-order valence-electron chi connectivity index (χ0n) is 9.36. The number of halogens is 1. The molecule has 0 unspecified atom stereocenters. The van der Waals surface area contributed by atoms with Gasteiger partial charge in [0.05, 0.1) is 0 Å². The standard InChI is InChI=1S/C13H19F/c1-4-6-12-10(3)7-8-11(5-2)9-13(12)14/h8-9H,4-7H2,1-3H3. The van der Waals surface area contributed by atoms with Gasteiger partial charge in [-0.2, -0.15) is 0 Å². The molecule has 0 aromatic heterocycles. The van der Waals surface area contributed by atoms with Crippen molar-refractivity contribution in [1.29, 1.82) is 0 Å². The molecule has 14 heavy (non-hydrogen) atoms. The quantitative estimate of drug-likeness (QED) is 0.611. The summed E-state index contributed by atoms with van der Waals surface area (Å²) in [4.78, 5) is 0. The normalized spacial score (nSPS) is 17.7. The van der Waals surface area contributed by atoms with E-state index in [4.69, 9.17) is 0 Å². The van der Waals surface area contributed by atoms with Crippen molar-refractivity contribution in [2.24, 2.45) is 0 Å². The predicted octanol–water partition coefficient (Wildman–Crippen LogP) is 4.70. The molecule has 1 rings (SSSR count). The highest BCUT2D eigenvalue weighted by Crippen LogP contribution is 2.28. The van der Waals surface area contributed by atoms with E-state index in [1.165, 1.54) is 5.57 Å². The number of hydrogen-bond acceptors (Lipinski definition) is 0. The second-order valence-electron chi connectivity index (χ2n) is 3.84. The topological polar surface area (TPSA) is 0 Å². The Morgan fingerprint density at radius 3 is 2.64 bits per heavy atom. The Kier molecular flexibility index (Phi) is 4.12. The van der Waals surface area contributed by atoms with E-state index >= 15 is 0 Å². The van der Waals surface area contributed by atoms with E-state index < -0.39 is 0 Å². The first-order valence-corrected chi connectivity index (χ1v) is 5.44. The van der Waals surface area contributed by atoms with Crippen molar-refractivity contribution in [2.45, 2.75) is 46.5 Å². The van der Waals surface area contributed by atoms with Crippen LogP contribution in [-0.4, -0.2) is 0 Å². The third-order valence-corrected chi connectivity index (χ3v) is 2.69. The van der Waals surface area contributed by atoms with E-state index in [1.54, 1.807) is 6.08 Å². The average Bonchev–Trinajstić information content (AvgIpc) is 2.31. The Labute approximate surface area is 86.2 Å². The van der Waals surface area contributed by atoms with Crippen LogP contribution in [0.3, 0.4) is 0 Å². The largest absolute Gasteiger partial charge is 0.207 e. The second kappa shape index (κ2) is 5.14. The van der Waals surface area contributed by atoms with Gasteiger partial charge in [0.1, 0.15) is 5.83 Å². The van der Waals surface area contributed by atoms with Gasteiger partial charge in [-0.3, -0.25) is 0 Å². The SMILES string of the molecule is CCCC1=C(C)CC=C(CC)C=C1F. The average molecular weight is 194 g/mol. The summed E-state index contributed by atoms with van der Waals surface area (Å²) >= 11 is 0. The van der Waals surface area contributed by atoms with Crippen molar-refractivity contribution >= 4 is 0 Å². The summed E-state index contributed by atoms with van der Waals surface area (Å²) in [5, 5.41) is 0. The second-order valence-corrected chi connectivity index (χ2v) is 3.84. The molecule has 78 valence electrons. The Hall–Kier alpha value is -0.850. The maximum Gasteiger partial charge on any atom is 0.126 e. The molecule has 0 radical (unpaired) electrons. The summed E-state index contributed by atoms with van der Waals surface area (Å²) in [5.74, 6) is -0.0186. The van der Waals surface area contributed by atoms with Crippen LogP contribution in [0.15, 0.2) is 34.7 Å². The fourth-order valence-corrected chi connectivity index (χ4v) is 1.75. The lowest BCUT2D eigenvalue weighted by atomic mass is 10.0. The molecule has 0 nitrogen and oxygen atoms in total. The molecule has 0 aromatic carbocycles. The monoisotopic (exact) mass is 194 g/mol. The van der Waals surface area contributed by atoms with Crippen LogP contribution in [0.4, 0.5) is 4.39 Å². The maximum absolute atomic E-state index is 13.7. The van der Waals surface area contributed by atoms with Crippen LogP contribution in [0.1, 0.15) is 46.5 Å². The predicted molar refractivity (Wildman–Crippen MR) is 59.8 cm³/mol. The third-order valence-electron chi connectivity index (χ3n) is 2.69. The molecule has 0 fully saturated rings. The van der Waals surface area contributed by atoms with Crippen molar-refractivity contribution in [1.82, 2.24) is 0 Å². The molecule has 0 amide bonds. The van der Waals surface area contributed by atoms with Gasteiger partial charge < -0.3 is 0 Å². The van der Waals surface area contributed by atoms with Gasteiger partial charge >= 0.3 is 0 Å². The van der Waals surface area contributed by atoms with Crippen molar-refractivity contribution < 1.29 is 4.39 Å². The summed E-state index contributed by atoms with van der Waals surface area (Å²) in [6, 6.07) is 0. The Bertz CT molecular complexity index is 292.